The topological polar surface area (TPSA) is 70.2 Å². The molecule has 2 aromatic carbocycles. The maximum Gasteiger partial charge on any atom is 0.323 e. The van der Waals surface area contributed by atoms with Gasteiger partial charge in [-0.1, -0.05) is 23.7 Å². The van der Waals surface area contributed by atoms with Crippen molar-refractivity contribution in [2.24, 2.45) is 0 Å². The third-order valence-corrected chi connectivity index (χ3v) is 3.70. The maximum atomic E-state index is 12.1. The quantitative estimate of drug-likeness (QED) is 0.771. The average Bonchev–Trinajstić information content (AvgIpc) is 2.46. The number of nitrogens with one attached hydrogen (secondary N) is 3. The summed E-state index contributed by atoms with van der Waals surface area (Å²) >= 11 is 6.12. The van der Waals surface area contributed by atoms with E-state index in [9.17, 15) is 9.59 Å². The van der Waals surface area contributed by atoms with Gasteiger partial charge in [0.25, 0.3) is 0 Å². The number of anilines is 3. The molecule has 23 heavy (non-hydrogen) atoms. The van der Waals surface area contributed by atoms with Gasteiger partial charge in [0.15, 0.2) is 0 Å². The Kier molecular flexibility index (Phi) is 5.24. The lowest BCUT2D eigenvalue weighted by Crippen LogP contribution is -2.20. The van der Waals surface area contributed by atoms with Gasteiger partial charge in [0.1, 0.15) is 0 Å². The molecule has 2 rings (SSSR count). The SMILES string of the molecule is CC(=O)Nc1ccc(NC(=O)Nc2cccc(C)c2C)c(Cl)c1. The van der Waals surface area contributed by atoms with Crippen molar-refractivity contribution in [2.75, 3.05) is 16.0 Å². The molecule has 3 N–H and O–H groups in total. The predicted molar refractivity (Wildman–Crippen MR) is 94.3 cm³/mol. The summed E-state index contributed by atoms with van der Waals surface area (Å²) < 4.78 is 0. The molecule has 0 bridgehead atoms. The molecule has 0 heterocycles. The van der Waals surface area contributed by atoms with Crippen LogP contribution in [0.5, 0.6) is 0 Å². The maximum absolute atomic E-state index is 12.1. The Morgan fingerprint density at radius 3 is 2.30 bits per heavy atom. The van der Waals surface area contributed by atoms with Gasteiger partial charge in [0, 0.05) is 18.3 Å². The van der Waals surface area contributed by atoms with Gasteiger partial charge in [0.2, 0.25) is 5.91 Å². The van der Waals surface area contributed by atoms with Crippen LogP contribution in [0.1, 0.15) is 18.1 Å². The monoisotopic (exact) mass is 331 g/mol. The number of hydrogen-bond donors (Lipinski definition) is 3. The van der Waals surface area contributed by atoms with Crippen LogP contribution in [0.25, 0.3) is 0 Å². The first-order valence-electron chi connectivity index (χ1n) is 7.08. The van der Waals surface area contributed by atoms with Gasteiger partial charge >= 0.3 is 6.03 Å². The molecular formula is C17H18ClN3O2. The van der Waals surface area contributed by atoms with Crippen LogP contribution >= 0.6 is 11.6 Å². The van der Waals surface area contributed by atoms with Crippen LogP contribution in [0.4, 0.5) is 21.9 Å². The Bertz CT molecular complexity index is 759. The number of rotatable bonds is 3. The molecule has 0 atom stereocenters. The molecule has 0 saturated carbocycles. The first kappa shape index (κ1) is 16.8. The van der Waals surface area contributed by atoms with Gasteiger partial charge < -0.3 is 16.0 Å². The highest BCUT2D eigenvalue weighted by Crippen LogP contribution is 2.26. The lowest BCUT2D eigenvalue weighted by Gasteiger charge is -2.13. The molecule has 0 aliphatic heterocycles. The molecule has 0 fully saturated rings. The Labute approximate surface area is 140 Å². The average molecular weight is 332 g/mol. The number of carbonyl (C=O) groups excluding carboxylic acids is 2. The van der Waals surface area contributed by atoms with Gasteiger partial charge in [-0.25, -0.2) is 4.79 Å². The van der Waals surface area contributed by atoms with E-state index in [-0.39, 0.29) is 11.9 Å². The number of aryl methyl sites for hydroxylation is 1. The fourth-order valence-corrected chi connectivity index (χ4v) is 2.29. The first-order chi connectivity index (χ1) is 10.9. The molecule has 2 aromatic rings. The summed E-state index contributed by atoms with van der Waals surface area (Å²) in [7, 11) is 0. The lowest BCUT2D eigenvalue weighted by molar-refractivity contribution is -0.114. The number of carbonyl (C=O) groups is 2. The summed E-state index contributed by atoms with van der Waals surface area (Å²) in [6, 6.07) is 10.2. The highest BCUT2D eigenvalue weighted by Gasteiger charge is 2.09. The summed E-state index contributed by atoms with van der Waals surface area (Å²) in [5, 5.41) is 8.45. The van der Waals surface area contributed by atoms with E-state index in [0.29, 0.717) is 16.4 Å². The summed E-state index contributed by atoms with van der Waals surface area (Å²) in [6.45, 7) is 5.34. The standard InChI is InChI=1S/C17H18ClN3O2/c1-10-5-4-6-15(11(10)2)20-17(23)21-16-8-7-13(9-14(16)18)19-12(3)22/h4-9H,1-3H3,(H,19,22)(H2,20,21,23). The molecule has 0 saturated heterocycles. The van der Waals surface area contributed by atoms with Crippen molar-refractivity contribution in [3.05, 3.63) is 52.5 Å². The minimum atomic E-state index is -0.382. The van der Waals surface area contributed by atoms with Crippen LogP contribution in [0.2, 0.25) is 5.02 Å². The van der Waals surface area contributed by atoms with Crippen molar-refractivity contribution in [1.82, 2.24) is 0 Å². The second-order valence-electron chi connectivity index (χ2n) is 5.20. The Morgan fingerprint density at radius 1 is 0.957 bits per heavy atom. The molecule has 0 radical (unpaired) electrons. The van der Waals surface area contributed by atoms with Crippen molar-refractivity contribution >= 4 is 40.6 Å². The molecule has 0 aliphatic rings. The van der Waals surface area contributed by atoms with Crippen LogP contribution in [0.15, 0.2) is 36.4 Å². The van der Waals surface area contributed by atoms with E-state index in [1.807, 2.05) is 32.0 Å². The van der Waals surface area contributed by atoms with Gasteiger partial charge in [-0.3, -0.25) is 4.79 Å². The largest absolute Gasteiger partial charge is 0.326 e. The molecule has 0 aliphatic carbocycles. The van der Waals surface area contributed by atoms with Crippen molar-refractivity contribution in [1.29, 1.82) is 0 Å². The first-order valence-corrected chi connectivity index (χ1v) is 7.46. The number of hydrogen-bond acceptors (Lipinski definition) is 2. The Balaban J connectivity index is 2.08. The van der Waals surface area contributed by atoms with Gasteiger partial charge in [0.05, 0.1) is 10.7 Å². The van der Waals surface area contributed by atoms with E-state index in [2.05, 4.69) is 16.0 Å². The van der Waals surface area contributed by atoms with Crippen LogP contribution < -0.4 is 16.0 Å². The molecule has 6 heteroatoms. The zero-order valence-electron chi connectivity index (χ0n) is 13.2. The fraction of sp³-hybridized carbons (Fsp3) is 0.176. The van der Waals surface area contributed by atoms with Crippen molar-refractivity contribution in [3.63, 3.8) is 0 Å². The van der Waals surface area contributed by atoms with Crippen molar-refractivity contribution in [2.45, 2.75) is 20.8 Å². The molecule has 0 unspecified atom stereocenters. The summed E-state index contributed by atoms with van der Waals surface area (Å²) in [6.07, 6.45) is 0. The summed E-state index contributed by atoms with van der Waals surface area (Å²) in [5.41, 5.74) is 3.88. The highest BCUT2D eigenvalue weighted by atomic mass is 35.5. The van der Waals surface area contributed by atoms with Crippen molar-refractivity contribution in [3.8, 4) is 0 Å². The molecular weight excluding hydrogens is 314 g/mol. The van der Waals surface area contributed by atoms with E-state index in [1.165, 1.54) is 6.92 Å². The molecule has 3 amide bonds. The number of benzene rings is 2. The third kappa shape index (κ3) is 4.47. The number of amides is 3. The number of urea groups is 1. The highest BCUT2D eigenvalue weighted by molar-refractivity contribution is 6.34. The molecule has 0 spiro atoms. The van der Waals surface area contributed by atoms with E-state index < -0.39 is 0 Å². The summed E-state index contributed by atoms with van der Waals surface area (Å²) in [5.74, 6) is -0.186. The summed E-state index contributed by atoms with van der Waals surface area (Å²) in [4.78, 5) is 23.1. The normalized spacial score (nSPS) is 10.1. The van der Waals surface area contributed by atoms with E-state index >= 15 is 0 Å². The van der Waals surface area contributed by atoms with E-state index in [4.69, 9.17) is 11.6 Å². The van der Waals surface area contributed by atoms with Crippen LogP contribution in [0.3, 0.4) is 0 Å². The van der Waals surface area contributed by atoms with Crippen LogP contribution in [0, 0.1) is 13.8 Å². The zero-order valence-corrected chi connectivity index (χ0v) is 13.9. The Morgan fingerprint density at radius 2 is 1.65 bits per heavy atom. The second-order valence-corrected chi connectivity index (χ2v) is 5.61. The lowest BCUT2D eigenvalue weighted by atomic mass is 10.1. The second kappa shape index (κ2) is 7.15. The van der Waals surface area contributed by atoms with Crippen LogP contribution in [-0.2, 0) is 4.79 Å². The number of halogens is 1. The molecule has 0 aromatic heterocycles. The van der Waals surface area contributed by atoms with Crippen molar-refractivity contribution < 1.29 is 9.59 Å². The predicted octanol–water partition coefficient (Wildman–Crippen LogP) is 4.56. The molecule has 120 valence electrons. The minimum Gasteiger partial charge on any atom is -0.326 e. The van der Waals surface area contributed by atoms with Gasteiger partial charge in [-0.05, 0) is 49.2 Å². The zero-order chi connectivity index (χ0) is 17.0. The fourth-order valence-electron chi connectivity index (χ4n) is 2.06. The third-order valence-electron chi connectivity index (χ3n) is 3.39. The Hall–Kier alpha value is -2.53. The smallest absolute Gasteiger partial charge is 0.323 e. The van der Waals surface area contributed by atoms with Gasteiger partial charge in [-0.2, -0.15) is 0 Å². The molecule has 5 nitrogen and oxygen atoms in total. The van der Waals surface area contributed by atoms with Gasteiger partial charge in [-0.15, -0.1) is 0 Å². The van der Waals surface area contributed by atoms with Crippen LogP contribution in [-0.4, -0.2) is 11.9 Å². The van der Waals surface area contributed by atoms with E-state index in [1.54, 1.807) is 18.2 Å². The minimum absolute atomic E-state index is 0.186. The van der Waals surface area contributed by atoms with E-state index in [0.717, 1.165) is 16.8 Å².